The third kappa shape index (κ3) is 2.05. The van der Waals surface area contributed by atoms with E-state index in [1.165, 1.54) is 24.5 Å². The first-order valence-corrected chi connectivity index (χ1v) is 5.51. The van der Waals surface area contributed by atoms with E-state index in [1.807, 2.05) is 0 Å². The minimum absolute atomic E-state index is 0.0939. The van der Waals surface area contributed by atoms with Gasteiger partial charge in [0, 0.05) is 10.9 Å². The number of aliphatic hydroxyl groups is 1. The van der Waals surface area contributed by atoms with Gasteiger partial charge in [0.2, 0.25) is 0 Å². The number of methoxy groups -OCH3 is 1. The second kappa shape index (κ2) is 4.59. The largest absolute Gasteiger partial charge is 0.494 e. The third-order valence-corrected chi connectivity index (χ3v) is 2.97. The molecular formula is C11H10FNO2S. The summed E-state index contributed by atoms with van der Waals surface area (Å²) < 4.78 is 18.3. The summed E-state index contributed by atoms with van der Waals surface area (Å²) in [6.45, 7) is -0.0939. The van der Waals surface area contributed by atoms with Gasteiger partial charge in [0.05, 0.1) is 19.4 Å². The molecule has 0 aliphatic heterocycles. The molecule has 5 heteroatoms. The van der Waals surface area contributed by atoms with Gasteiger partial charge in [0.15, 0.2) is 11.6 Å². The van der Waals surface area contributed by atoms with Crippen LogP contribution in [0.4, 0.5) is 4.39 Å². The normalized spacial score (nSPS) is 10.4. The van der Waals surface area contributed by atoms with Crippen molar-refractivity contribution >= 4 is 11.3 Å². The zero-order chi connectivity index (χ0) is 11.5. The zero-order valence-electron chi connectivity index (χ0n) is 8.61. The van der Waals surface area contributed by atoms with Crippen LogP contribution < -0.4 is 4.74 Å². The second-order valence-electron chi connectivity index (χ2n) is 3.13. The number of aromatic nitrogens is 1. The number of hydrogen-bond donors (Lipinski definition) is 1. The highest BCUT2D eigenvalue weighted by atomic mass is 32.1. The molecule has 3 nitrogen and oxygen atoms in total. The maximum Gasteiger partial charge on any atom is 0.165 e. The molecule has 1 aromatic carbocycles. The van der Waals surface area contributed by atoms with E-state index in [1.54, 1.807) is 17.5 Å². The smallest absolute Gasteiger partial charge is 0.165 e. The Labute approximate surface area is 96.2 Å². The SMILES string of the molecule is COc1ccc(-c2csc(CO)n2)cc1F. The summed E-state index contributed by atoms with van der Waals surface area (Å²) in [5.74, 6) is -0.208. The van der Waals surface area contributed by atoms with E-state index in [0.29, 0.717) is 16.3 Å². The Morgan fingerprint density at radius 2 is 2.31 bits per heavy atom. The molecule has 0 aliphatic carbocycles. The minimum atomic E-state index is -0.418. The van der Waals surface area contributed by atoms with Crippen molar-refractivity contribution in [1.82, 2.24) is 4.98 Å². The van der Waals surface area contributed by atoms with Crippen molar-refractivity contribution in [2.24, 2.45) is 0 Å². The lowest BCUT2D eigenvalue weighted by Crippen LogP contribution is -1.89. The first-order valence-electron chi connectivity index (χ1n) is 4.63. The average molecular weight is 239 g/mol. The Balaban J connectivity index is 2.37. The second-order valence-corrected chi connectivity index (χ2v) is 4.08. The van der Waals surface area contributed by atoms with E-state index in [-0.39, 0.29) is 12.4 Å². The highest BCUT2D eigenvalue weighted by Crippen LogP contribution is 2.26. The Kier molecular flexibility index (Phi) is 3.17. The van der Waals surface area contributed by atoms with Crippen molar-refractivity contribution < 1.29 is 14.2 Å². The number of halogens is 1. The number of benzene rings is 1. The van der Waals surface area contributed by atoms with Crippen LogP contribution in [-0.4, -0.2) is 17.2 Å². The molecular weight excluding hydrogens is 229 g/mol. The van der Waals surface area contributed by atoms with Crippen LogP contribution >= 0.6 is 11.3 Å². The number of thiazole rings is 1. The fourth-order valence-electron chi connectivity index (χ4n) is 1.34. The van der Waals surface area contributed by atoms with Gasteiger partial charge in [-0.15, -0.1) is 11.3 Å². The summed E-state index contributed by atoms with van der Waals surface area (Å²) in [4.78, 5) is 4.16. The summed E-state index contributed by atoms with van der Waals surface area (Å²) >= 11 is 1.35. The van der Waals surface area contributed by atoms with E-state index in [0.717, 1.165) is 0 Å². The van der Waals surface area contributed by atoms with Gasteiger partial charge in [0.25, 0.3) is 0 Å². The standard InChI is InChI=1S/C11H10FNO2S/c1-15-10-3-2-7(4-8(10)12)9-6-16-11(5-14)13-9/h2-4,6,14H,5H2,1H3. The molecule has 84 valence electrons. The van der Waals surface area contributed by atoms with Crippen LogP contribution in [0.5, 0.6) is 5.75 Å². The average Bonchev–Trinajstić information content (AvgIpc) is 2.77. The molecule has 0 radical (unpaired) electrons. The molecule has 2 aromatic rings. The quantitative estimate of drug-likeness (QED) is 0.894. The molecule has 0 aliphatic rings. The Hall–Kier alpha value is -1.46. The van der Waals surface area contributed by atoms with Crippen LogP contribution in [0.2, 0.25) is 0 Å². The Morgan fingerprint density at radius 1 is 1.50 bits per heavy atom. The van der Waals surface area contributed by atoms with E-state index < -0.39 is 5.82 Å². The molecule has 0 atom stereocenters. The summed E-state index contributed by atoms with van der Waals surface area (Å²) in [5, 5.41) is 11.3. The fourth-order valence-corrected chi connectivity index (χ4v) is 2.00. The first kappa shape index (κ1) is 11.0. The summed E-state index contributed by atoms with van der Waals surface area (Å²) in [7, 11) is 1.42. The predicted molar refractivity (Wildman–Crippen MR) is 60.0 cm³/mol. The fraction of sp³-hybridized carbons (Fsp3) is 0.182. The van der Waals surface area contributed by atoms with Crippen LogP contribution in [0.25, 0.3) is 11.3 Å². The van der Waals surface area contributed by atoms with E-state index in [9.17, 15) is 4.39 Å². The molecule has 0 saturated heterocycles. The van der Waals surface area contributed by atoms with Crippen LogP contribution in [0, 0.1) is 5.82 Å². The molecule has 1 heterocycles. The summed E-state index contributed by atoms with van der Waals surface area (Å²) in [5.41, 5.74) is 1.34. The van der Waals surface area contributed by atoms with E-state index in [2.05, 4.69) is 4.98 Å². The van der Waals surface area contributed by atoms with Gasteiger partial charge >= 0.3 is 0 Å². The van der Waals surface area contributed by atoms with Crippen molar-refractivity contribution in [2.45, 2.75) is 6.61 Å². The molecule has 1 aromatic heterocycles. The van der Waals surface area contributed by atoms with Crippen LogP contribution in [-0.2, 0) is 6.61 Å². The molecule has 0 spiro atoms. The lowest BCUT2D eigenvalue weighted by molar-refractivity contribution is 0.281. The third-order valence-electron chi connectivity index (χ3n) is 2.13. The van der Waals surface area contributed by atoms with Crippen LogP contribution in [0.15, 0.2) is 23.6 Å². The summed E-state index contributed by atoms with van der Waals surface area (Å²) in [6.07, 6.45) is 0. The molecule has 0 bridgehead atoms. The van der Waals surface area contributed by atoms with Crippen molar-refractivity contribution in [2.75, 3.05) is 7.11 Å². The molecule has 0 fully saturated rings. The number of hydrogen-bond acceptors (Lipinski definition) is 4. The zero-order valence-corrected chi connectivity index (χ0v) is 9.42. The molecule has 16 heavy (non-hydrogen) atoms. The first-order chi connectivity index (χ1) is 7.74. The van der Waals surface area contributed by atoms with Crippen molar-refractivity contribution in [3.05, 3.63) is 34.4 Å². The van der Waals surface area contributed by atoms with Gasteiger partial charge in [-0.25, -0.2) is 9.37 Å². The van der Waals surface area contributed by atoms with Crippen molar-refractivity contribution in [3.63, 3.8) is 0 Å². The number of rotatable bonds is 3. The van der Waals surface area contributed by atoms with Crippen LogP contribution in [0.3, 0.4) is 0 Å². The molecule has 0 saturated carbocycles. The van der Waals surface area contributed by atoms with Gasteiger partial charge in [-0.3, -0.25) is 0 Å². The van der Waals surface area contributed by atoms with Gasteiger partial charge in [0.1, 0.15) is 5.01 Å². The highest BCUT2D eigenvalue weighted by molar-refractivity contribution is 7.09. The Bertz CT molecular complexity index is 498. The van der Waals surface area contributed by atoms with E-state index in [4.69, 9.17) is 9.84 Å². The monoisotopic (exact) mass is 239 g/mol. The topological polar surface area (TPSA) is 42.4 Å². The number of aliphatic hydroxyl groups excluding tert-OH is 1. The maximum atomic E-state index is 13.4. The number of nitrogens with zero attached hydrogens (tertiary/aromatic N) is 1. The van der Waals surface area contributed by atoms with Crippen LogP contribution in [0.1, 0.15) is 5.01 Å². The van der Waals surface area contributed by atoms with Gasteiger partial charge < -0.3 is 9.84 Å². The molecule has 2 rings (SSSR count). The minimum Gasteiger partial charge on any atom is -0.494 e. The lowest BCUT2D eigenvalue weighted by Gasteiger charge is -2.02. The lowest BCUT2D eigenvalue weighted by atomic mass is 10.1. The molecule has 0 unspecified atom stereocenters. The Morgan fingerprint density at radius 3 is 2.88 bits per heavy atom. The predicted octanol–water partition coefficient (Wildman–Crippen LogP) is 2.45. The summed E-state index contributed by atoms with van der Waals surface area (Å²) in [6, 6.07) is 4.66. The van der Waals surface area contributed by atoms with Crippen molar-refractivity contribution in [1.29, 1.82) is 0 Å². The molecule has 0 amide bonds. The van der Waals surface area contributed by atoms with Gasteiger partial charge in [-0.1, -0.05) is 0 Å². The number of ether oxygens (including phenoxy) is 1. The van der Waals surface area contributed by atoms with Gasteiger partial charge in [-0.2, -0.15) is 0 Å². The van der Waals surface area contributed by atoms with Crippen molar-refractivity contribution in [3.8, 4) is 17.0 Å². The van der Waals surface area contributed by atoms with Gasteiger partial charge in [-0.05, 0) is 18.2 Å². The molecule has 1 N–H and O–H groups in total. The highest BCUT2D eigenvalue weighted by Gasteiger charge is 2.08. The maximum absolute atomic E-state index is 13.4. The van der Waals surface area contributed by atoms with E-state index >= 15 is 0 Å².